The molecule has 15 nitrogen and oxygen atoms in total. The van der Waals surface area contributed by atoms with E-state index < -0.39 is 29.5 Å². The topological polar surface area (TPSA) is 189 Å². The van der Waals surface area contributed by atoms with E-state index in [1.807, 2.05) is 61.5 Å². The number of rotatable bonds is 26. The summed E-state index contributed by atoms with van der Waals surface area (Å²) in [4.78, 5) is 44.7. The third kappa shape index (κ3) is 16.7. The predicted octanol–water partition coefficient (Wildman–Crippen LogP) is 6.99. The fraction of sp³-hybridized carbons (Fsp3) is 0.333. The number of aromatic amines is 1. The van der Waals surface area contributed by atoms with Crippen molar-refractivity contribution < 1.29 is 46.5 Å². The number of alkyl halides is 3. The van der Waals surface area contributed by atoms with E-state index in [-0.39, 0.29) is 37.1 Å². The molecule has 374 valence electrons. The lowest BCUT2D eigenvalue weighted by Gasteiger charge is -2.19. The second kappa shape index (κ2) is 26.7. The van der Waals surface area contributed by atoms with Gasteiger partial charge in [0.05, 0.1) is 29.6 Å². The van der Waals surface area contributed by atoms with Crippen LogP contribution in [0.15, 0.2) is 102 Å². The van der Waals surface area contributed by atoms with Crippen molar-refractivity contribution in [2.45, 2.75) is 68.9 Å². The number of carbonyl (C=O) groups is 3. The maximum atomic E-state index is 13.7. The standard InChI is InChI=1S/C51H55F4N9O6S/c1-63(2)44-11-4-5-12-46(44)70-34-40(32-66)59-50(68)48-60-47(61-62-48)28-36-13-17-41(18-14-36)71-25-9-3-8-23-64-31-39(30-58-64)49(67)57-21-7-6-10-35-16-20-45(38(26-35)29-56-22-24-65)69-33-37-15-19-43(52)42(27-37)51(53,54)55/h4-5,11-20,26-27,30-32,40,56,65H,3,7-9,21-25,28-29,33-34H2,1-2H3,(H,57,67)(H,59,68)(H,60,61,62). The first-order valence-corrected chi connectivity index (χ1v) is 23.8. The van der Waals surface area contributed by atoms with Crippen LogP contribution in [-0.4, -0.2) is 100 Å². The van der Waals surface area contributed by atoms with Crippen molar-refractivity contribution >= 4 is 35.5 Å². The molecule has 0 aliphatic heterocycles. The third-order valence-corrected chi connectivity index (χ3v) is 11.7. The van der Waals surface area contributed by atoms with Gasteiger partial charge in [0.25, 0.3) is 11.8 Å². The zero-order valence-corrected chi connectivity index (χ0v) is 40.0. The van der Waals surface area contributed by atoms with Crippen LogP contribution in [0.2, 0.25) is 0 Å². The zero-order chi connectivity index (χ0) is 50.6. The molecule has 0 saturated carbocycles. The van der Waals surface area contributed by atoms with E-state index in [1.54, 1.807) is 46.9 Å². The summed E-state index contributed by atoms with van der Waals surface area (Å²) in [6.07, 6.45) is 2.73. The van der Waals surface area contributed by atoms with Crippen LogP contribution in [0.5, 0.6) is 11.5 Å². The molecule has 0 bridgehead atoms. The van der Waals surface area contributed by atoms with Crippen LogP contribution in [0.4, 0.5) is 23.2 Å². The fourth-order valence-corrected chi connectivity index (χ4v) is 7.89. The molecule has 0 aliphatic carbocycles. The molecule has 2 aromatic heterocycles. The highest BCUT2D eigenvalue weighted by molar-refractivity contribution is 7.99. The normalized spacial score (nSPS) is 11.6. The molecule has 6 aromatic rings. The average molecular weight is 998 g/mol. The molecule has 0 fully saturated rings. The van der Waals surface area contributed by atoms with E-state index in [0.29, 0.717) is 79.3 Å². The van der Waals surface area contributed by atoms with Gasteiger partial charge in [-0.25, -0.2) is 9.37 Å². The highest BCUT2D eigenvalue weighted by atomic mass is 32.2. The number of anilines is 1. The molecular formula is C51H55F4N9O6S. The summed E-state index contributed by atoms with van der Waals surface area (Å²) in [6, 6.07) is 22.5. The first-order chi connectivity index (χ1) is 34.3. The van der Waals surface area contributed by atoms with E-state index in [2.05, 4.69) is 48.1 Å². The largest absolute Gasteiger partial charge is 0.489 e. The van der Waals surface area contributed by atoms with E-state index >= 15 is 0 Å². The number of aromatic nitrogens is 5. The Hall–Kier alpha value is -7.21. The van der Waals surface area contributed by atoms with Crippen molar-refractivity contribution in [2.24, 2.45) is 0 Å². The first-order valence-electron chi connectivity index (χ1n) is 22.8. The number of para-hydroxylation sites is 2. The minimum Gasteiger partial charge on any atom is -0.489 e. The Labute approximate surface area is 413 Å². The Morgan fingerprint density at radius 1 is 0.958 bits per heavy atom. The minimum atomic E-state index is -4.83. The Bertz CT molecular complexity index is 2760. The number of nitrogens with one attached hydrogen (secondary N) is 4. The Morgan fingerprint density at radius 2 is 1.76 bits per heavy atom. The number of aryl methyl sites for hydroxylation is 1. The molecule has 20 heteroatoms. The number of halogens is 4. The van der Waals surface area contributed by atoms with Crippen molar-refractivity contribution in [3.8, 4) is 23.3 Å². The number of carbonyl (C=O) groups excluding carboxylic acids is 3. The van der Waals surface area contributed by atoms with Gasteiger partial charge in [0.1, 0.15) is 48.7 Å². The first kappa shape index (κ1) is 53.1. The molecule has 1 atom stereocenters. The lowest BCUT2D eigenvalue weighted by Crippen LogP contribution is -2.40. The van der Waals surface area contributed by atoms with Crippen molar-refractivity contribution in [2.75, 3.05) is 51.1 Å². The second-order valence-corrected chi connectivity index (χ2v) is 17.5. The number of aldehydes is 1. The fourth-order valence-electron chi connectivity index (χ4n) is 6.98. The molecule has 2 amide bonds. The number of unbranched alkanes of at least 4 members (excludes halogenated alkanes) is 2. The molecule has 1 unspecified atom stereocenters. The van der Waals surface area contributed by atoms with Crippen molar-refractivity contribution in [1.82, 2.24) is 40.9 Å². The number of H-pyrrole nitrogens is 1. The highest BCUT2D eigenvalue weighted by Crippen LogP contribution is 2.32. The van der Waals surface area contributed by atoms with Crippen LogP contribution in [0, 0.1) is 17.7 Å². The number of nitrogens with zero attached hydrogens (tertiary/aromatic N) is 5. The zero-order valence-electron chi connectivity index (χ0n) is 39.2. The summed E-state index contributed by atoms with van der Waals surface area (Å²) in [5.41, 5.74) is 2.39. The quantitative estimate of drug-likeness (QED) is 0.0124. The molecule has 0 radical (unpaired) electrons. The maximum absolute atomic E-state index is 13.7. The van der Waals surface area contributed by atoms with Gasteiger partial charge in [-0.3, -0.25) is 19.4 Å². The monoisotopic (exact) mass is 997 g/mol. The molecular weight excluding hydrogens is 943 g/mol. The predicted molar refractivity (Wildman–Crippen MR) is 261 cm³/mol. The molecule has 0 aliphatic rings. The van der Waals surface area contributed by atoms with E-state index in [0.717, 1.165) is 53.3 Å². The molecule has 0 spiro atoms. The number of thioether (sulfide) groups is 1. The van der Waals surface area contributed by atoms with Crippen molar-refractivity contribution in [3.63, 3.8) is 0 Å². The number of aliphatic hydroxyl groups excluding tert-OH is 1. The van der Waals surface area contributed by atoms with Gasteiger partial charge >= 0.3 is 6.18 Å². The summed E-state index contributed by atoms with van der Waals surface area (Å²) in [7, 11) is 3.77. The van der Waals surface area contributed by atoms with Gasteiger partial charge in [-0.2, -0.15) is 18.3 Å². The Morgan fingerprint density at radius 3 is 2.54 bits per heavy atom. The van der Waals surface area contributed by atoms with Gasteiger partial charge in [0.15, 0.2) is 0 Å². The number of hydrogen-bond donors (Lipinski definition) is 5. The van der Waals surface area contributed by atoms with Gasteiger partial charge in [-0.1, -0.05) is 48.6 Å². The van der Waals surface area contributed by atoms with Gasteiger partial charge in [0, 0.05) is 75.3 Å². The molecule has 6 rings (SSSR count). The van der Waals surface area contributed by atoms with Crippen LogP contribution >= 0.6 is 11.8 Å². The van der Waals surface area contributed by atoms with Crippen LogP contribution in [0.1, 0.15) is 80.3 Å². The van der Waals surface area contributed by atoms with Crippen LogP contribution in [0.3, 0.4) is 0 Å². The SMILES string of the molecule is CN(C)c1ccccc1OCC(C=O)NC(=O)c1n[nH]c(Cc2ccc(SCCCCCn3cc(C(=O)NCCC#Cc4ccc(OCc5ccc(F)c(C(F)(F)F)c5)c(CNCCO)c4)cn3)cc2)n1. The highest BCUT2D eigenvalue weighted by Gasteiger charge is 2.34. The Kier molecular flexibility index (Phi) is 20.0. The second-order valence-electron chi connectivity index (χ2n) is 16.3. The third-order valence-electron chi connectivity index (χ3n) is 10.6. The molecule has 0 saturated heterocycles. The number of ether oxygens (including phenoxy) is 2. The van der Waals surface area contributed by atoms with Crippen LogP contribution in [-0.2, 0) is 37.1 Å². The summed E-state index contributed by atoms with van der Waals surface area (Å²) in [5, 5.41) is 28.9. The van der Waals surface area contributed by atoms with Gasteiger partial charge < -0.3 is 40.2 Å². The number of amides is 2. The number of hydrogen-bond acceptors (Lipinski definition) is 12. The molecule has 71 heavy (non-hydrogen) atoms. The summed E-state index contributed by atoms with van der Waals surface area (Å²) < 4.78 is 66.7. The lowest BCUT2D eigenvalue weighted by atomic mass is 10.1. The van der Waals surface area contributed by atoms with Crippen LogP contribution < -0.4 is 30.3 Å². The smallest absolute Gasteiger partial charge is 0.419 e. The number of aliphatic hydroxyl groups is 1. The Balaban J connectivity index is 0.854. The van der Waals surface area contributed by atoms with E-state index in [1.165, 1.54) is 12.3 Å². The van der Waals surface area contributed by atoms with Gasteiger partial charge in [0.2, 0.25) is 5.82 Å². The van der Waals surface area contributed by atoms with Gasteiger partial charge in [-0.15, -0.1) is 16.9 Å². The molecule has 2 heterocycles. The molecule has 4 aromatic carbocycles. The molecule has 5 N–H and O–H groups in total. The summed E-state index contributed by atoms with van der Waals surface area (Å²) >= 11 is 1.76. The van der Waals surface area contributed by atoms with E-state index in [9.17, 15) is 37.1 Å². The average Bonchev–Trinajstić information content (AvgIpc) is 4.04. The minimum absolute atomic E-state index is 0.0500. The maximum Gasteiger partial charge on any atom is 0.419 e. The lowest BCUT2D eigenvalue weighted by molar-refractivity contribution is -0.140. The summed E-state index contributed by atoms with van der Waals surface area (Å²) in [5.74, 6) is 6.25. The summed E-state index contributed by atoms with van der Waals surface area (Å²) in [6.45, 7) is 1.21. The van der Waals surface area contributed by atoms with Gasteiger partial charge in [-0.05, 0) is 84.3 Å². The van der Waals surface area contributed by atoms with Crippen molar-refractivity contribution in [1.29, 1.82) is 0 Å². The van der Waals surface area contributed by atoms with E-state index in [4.69, 9.17) is 9.47 Å². The number of benzene rings is 4. The van der Waals surface area contributed by atoms with Crippen LogP contribution in [0.25, 0.3) is 0 Å². The van der Waals surface area contributed by atoms with Crippen molar-refractivity contribution in [3.05, 3.63) is 148 Å².